The van der Waals surface area contributed by atoms with Crippen molar-refractivity contribution in [2.75, 3.05) is 7.11 Å². The van der Waals surface area contributed by atoms with Crippen molar-refractivity contribution in [3.63, 3.8) is 0 Å². The fraction of sp³-hybridized carbons (Fsp3) is 0.179. The maximum Gasteiger partial charge on any atom is 0.307 e. The Balaban J connectivity index is 1.80. The van der Waals surface area contributed by atoms with Crippen molar-refractivity contribution in [1.29, 1.82) is 0 Å². The number of phenols is 1. The predicted octanol–water partition coefficient (Wildman–Crippen LogP) is 5.91. The molecule has 4 aromatic rings. The minimum atomic E-state index is -4.14. The molecule has 0 bridgehead atoms. The molecule has 0 fully saturated rings. The topological polar surface area (TPSA) is 83.9 Å². The van der Waals surface area contributed by atoms with Gasteiger partial charge in [0.05, 0.1) is 30.5 Å². The van der Waals surface area contributed by atoms with E-state index >= 15 is 0 Å². The standard InChI is InChI=1S/C28H24ClNO5S/c1-17-11-13-18(14-12-17)36(33,34)30-25(16-26(31)35-2)20-8-4-5-9-21(20)27(30)23-15-24(29)19-7-3-6-10-22(19)28(23)32/h3-15,25,27,32H,16H2,1-2H3/t25-,27-/m0/s1. The Kier molecular flexibility index (Phi) is 6.24. The van der Waals surface area contributed by atoms with E-state index in [4.69, 9.17) is 16.3 Å². The number of benzene rings is 4. The largest absolute Gasteiger partial charge is 0.507 e. The number of carbonyl (C=O) groups is 1. The Morgan fingerprint density at radius 3 is 2.22 bits per heavy atom. The lowest BCUT2D eigenvalue weighted by Gasteiger charge is -2.30. The summed E-state index contributed by atoms with van der Waals surface area (Å²) in [4.78, 5) is 12.5. The number of phenolic OH excluding ortho intramolecular Hbond substituents is 1. The molecule has 4 aromatic carbocycles. The molecule has 0 radical (unpaired) electrons. The van der Waals surface area contributed by atoms with Crippen LogP contribution >= 0.6 is 11.6 Å². The van der Waals surface area contributed by atoms with E-state index in [1.165, 1.54) is 11.4 Å². The van der Waals surface area contributed by atoms with Gasteiger partial charge in [0, 0.05) is 21.4 Å². The monoisotopic (exact) mass is 521 g/mol. The van der Waals surface area contributed by atoms with Crippen molar-refractivity contribution >= 4 is 38.4 Å². The summed E-state index contributed by atoms with van der Waals surface area (Å²) in [6.45, 7) is 1.88. The van der Waals surface area contributed by atoms with Crippen LogP contribution in [0.15, 0.2) is 83.8 Å². The number of sulfonamides is 1. The molecule has 8 heteroatoms. The first kappa shape index (κ1) is 24.3. The summed E-state index contributed by atoms with van der Waals surface area (Å²) in [5.74, 6) is -0.599. The number of esters is 1. The van der Waals surface area contributed by atoms with Crippen molar-refractivity contribution in [3.05, 3.63) is 106 Å². The van der Waals surface area contributed by atoms with E-state index in [1.54, 1.807) is 60.7 Å². The highest BCUT2D eigenvalue weighted by atomic mass is 35.5. The molecular formula is C28H24ClNO5S. The minimum Gasteiger partial charge on any atom is -0.507 e. The molecule has 1 heterocycles. The number of aromatic hydroxyl groups is 1. The van der Waals surface area contributed by atoms with Crippen LogP contribution in [0.3, 0.4) is 0 Å². The van der Waals surface area contributed by atoms with Gasteiger partial charge in [-0.05, 0) is 36.2 Å². The molecule has 0 saturated carbocycles. The lowest BCUT2D eigenvalue weighted by Crippen LogP contribution is -2.35. The van der Waals surface area contributed by atoms with Crippen LogP contribution in [0, 0.1) is 6.92 Å². The van der Waals surface area contributed by atoms with Gasteiger partial charge in [-0.25, -0.2) is 8.42 Å². The molecule has 1 N–H and O–H groups in total. The van der Waals surface area contributed by atoms with Crippen LogP contribution in [0.25, 0.3) is 10.8 Å². The fourth-order valence-electron chi connectivity index (χ4n) is 4.95. The van der Waals surface area contributed by atoms with Gasteiger partial charge < -0.3 is 9.84 Å². The third-order valence-corrected chi connectivity index (χ3v) is 8.89. The van der Waals surface area contributed by atoms with E-state index in [9.17, 15) is 18.3 Å². The lowest BCUT2D eigenvalue weighted by atomic mass is 9.94. The first-order valence-electron chi connectivity index (χ1n) is 11.4. The summed E-state index contributed by atoms with van der Waals surface area (Å²) in [5, 5.41) is 13.0. The first-order valence-corrected chi connectivity index (χ1v) is 13.2. The fourth-order valence-corrected chi connectivity index (χ4v) is 6.98. The van der Waals surface area contributed by atoms with Gasteiger partial charge in [-0.15, -0.1) is 0 Å². The number of hydrogen-bond acceptors (Lipinski definition) is 5. The van der Waals surface area contributed by atoms with Crippen molar-refractivity contribution in [2.45, 2.75) is 30.3 Å². The molecule has 5 rings (SSSR count). The summed E-state index contributed by atoms with van der Waals surface area (Å²) >= 11 is 6.63. The highest BCUT2D eigenvalue weighted by Crippen LogP contribution is 2.53. The van der Waals surface area contributed by atoms with E-state index in [2.05, 4.69) is 0 Å². The molecule has 0 saturated heterocycles. The van der Waals surface area contributed by atoms with Crippen molar-refractivity contribution in [2.24, 2.45) is 0 Å². The van der Waals surface area contributed by atoms with Gasteiger partial charge in [0.25, 0.3) is 0 Å². The number of halogens is 1. The molecule has 0 spiro atoms. The average molecular weight is 522 g/mol. The summed E-state index contributed by atoms with van der Waals surface area (Å²) in [6.07, 6.45) is -0.183. The van der Waals surface area contributed by atoms with E-state index in [1.807, 2.05) is 25.1 Å². The van der Waals surface area contributed by atoms with Crippen molar-refractivity contribution < 1.29 is 23.1 Å². The summed E-state index contributed by atoms with van der Waals surface area (Å²) in [5.41, 5.74) is 2.60. The Morgan fingerprint density at radius 2 is 1.56 bits per heavy atom. The quantitative estimate of drug-likeness (QED) is 0.330. The molecule has 1 aliphatic rings. The predicted molar refractivity (Wildman–Crippen MR) is 138 cm³/mol. The molecule has 0 unspecified atom stereocenters. The van der Waals surface area contributed by atoms with Gasteiger partial charge in [-0.1, -0.05) is 77.8 Å². The Morgan fingerprint density at radius 1 is 0.944 bits per heavy atom. The highest BCUT2D eigenvalue weighted by Gasteiger charge is 2.48. The zero-order valence-corrected chi connectivity index (χ0v) is 21.3. The maximum absolute atomic E-state index is 14.2. The SMILES string of the molecule is COC(=O)C[C@H]1c2ccccc2[C@@H](c2cc(Cl)c3ccccc3c2O)N1S(=O)(=O)c1ccc(C)cc1. The summed E-state index contributed by atoms with van der Waals surface area (Å²) < 4.78 is 34.6. The van der Waals surface area contributed by atoms with E-state index in [0.717, 1.165) is 5.56 Å². The number of rotatable bonds is 5. The van der Waals surface area contributed by atoms with Gasteiger partial charge >= 0.3 is 5.97 Å². The smallest absolute Gasteiger partial charge is 0.307 e. The maximum atomic E-state index is 14.2. The average Bonchev–Trinajstić information content (AvgIpc) is 3.21. The number of nitrogens with zero attached hydrogens (tertiary/aromatic N) is 1. The Labute approximate surface area is 214 Å². The van der Waals surface area contributed by atoms with E-state index in [0.29, 0.717) is 32.5 Å². The number of carbonyl (C=O) groups excluding carboxylic acids is 1. The van der Waals surface area contributed by atoms with Crippen molar-refractivity contribution in [3.8, 4) is 5.75 Å². The second kappa shape index (κ2) is 9.24. The van der Waals surface area contributed by atoms with Crippen LogP contribution in [0.4, 0.5) is 0 Å². The molecule has 36 heavy (non-hydrogen) atoms. The summed E-state index contributed by atoms with van der Waals surface area (Å²) in [7, 11) is -2.86. The van der Waals surface area contributed by atoms with Crippen LogP contribution in [-0.4, -0.2) is 30.9 Å². The molecule has 0 aromatic heterocycles. The van der Waals surface area contributed by atoms with Crippen LogP contribution in [0.2, 0.25) is 5.02 Å². The van der Waals surface area contributed by atoms with Gasteiger partial charge in [-0.2, -0.15) is 4.31 Å². The molecule has 184 valence electrons. The number of ether oxygens (including phenoxy) is 1. The molecule has 6 nitrogen and oxygen atoms in total. The number of hydrogen-bond donors (Lipinski definition) is 1. The van der Waals surface area contributed by atoms with Gasteiger partial charge in [-0.3, -0.25) is 4.79 Å². The molecular weight excluding hydrogens is 498 g/mol. The van der Waals surface area contributed by atoms with Gasteiger partial charge in [0.1, 0.15) is 5.75 Å². The van der Waals surface area contributed by atoms with Crippen molar-refractivity contribution in [1.82, 2.24) is 4.31 Å². The third kappa shape index (κ3) is 3.93. The summed E-state index contributed by atoms with van der Waals surface area (Å²) in [6, 6.07) is 20.8. The first-order chi connectivity index (χ1) is 17.2. The van der Waals surface area contributed by atoms with Crippen LogP contribution in [0.1, 0.15) is 40.8 Å². The Hall–Kier alpha value is -3.39. The van der Waals surface area contributed by atoms with E-state index < -0.39 is 28.1 Å². The molecule has 0 amide bonds. The van der Waals surface area contributed by atoms with E-state index in [-0.39, 0.29) is 17.1 Å². The second-order valence-electron chi connectivity index (χ2n) is 8.82. The van der Waals surface area contributed by atoms with Crippen LogP contribution < -0.4 is 0 Å². The van der Waals surface area contributed by atoms with Gasteiger partial charge in [0.15, 0.2) is 0 Å². The second-order valence-corrected chi connectivity index (χ2v) is 11.1. The highest BCUT2D eigenvalue weighted by molar-refractivity contribution is 7.89. The molecule has 1 aliphatic heterocycles. The van der Waals surface area contributed by atoms with Crippen LogP contribution in [0.5, 0.6) is 5.75 Å². The molecule has 0 aliphatic carbocycles. The zero-order valence-electron chi connectivity index (χ0n) is 19.7. The van der Waals surface area contributed by atoms with Crippen LogP contribution in [-0.2, 0) is 19.6 Å². The minimum absolute atomic E-state index is 0.0578. The number of fused-ring (bicyclic) bond motifs is 2. The lowest BCUT2D eigenvalue weighted by molar-refractivity contribution is -0.141. The zero-order chi connectivity index (χ0) is 25.6. The number of methoxy groups -OCH3 is 1. The molecule has 2 atom stereocenters. The third-order valence-electron chi connectivity index (χ3n) is 6.69. The number of aryl methyl sites for hydroxylation is 1. The normalized spacial score (nSPS) is 17.8. The van der Waals surface area contributed by atoms with Gasteiger partial charge in [0.2, 0.25) is 10.0 Å². The Bertz CT molecular complexity index is 1580.